The Morgan fingerprint density at radius 1 is 1.25 bits per heavy atom. The van der Waals surface area contributed by atoms with E-state index in [0.29, 0.717) is 4.21 Å². The molecule has 3 aromatic heterocycles. The molecule has 1 atom stereocenters. The van der Waals surface area contributed by atoms with Gasteiger partial charge in [0, 0.05) is 22.0 Å². The molecule has 0 radical (unpaired) electrons. The molecule has 0 aliphatic rings. The first-order valence-electron chi connectivity index (χ1n) is 7.49. The van der Waals surface area contributed by atoms with Crippen molar-refractivity contribution in [2.75, 3.05) is 6.54 Å². The second kappa shape index (κ2) is 6.79. The minimum absolute atomic E-state index is 0.158. The molecular formula is C16H19N3O2S3. The summed E-state index contributed by atoms with van der Waals surface area (Å²) in [5.74, 6) is 0. The number of nitrogens with one attached hydrogen (secondary N) is 1. The van der Waals surface area contributed by atoms with Gasteiger partial charge in [0.15, 0.2) is 0 Å². The zero-order chi connectivity index (χ0) is 17.3. The second-order valence-corrected chi connectivity index (χ2v) is 9.88. The van der Waals surface area contributed by atoms with E-state index < -0.39 is 10.0 Å². The second-order valence-electron chi connectivity index (χ2n) is 5.62. The van der Waals surface area contributed by atoms with Gasteiger partial charge in [0.2, 0.25) is 10.0 Å². The summed E-state index contributed by atoms with van der Waals surface area (Å²) < 4.78 is 30.0. The van der Waals surface area contributed by atoms with Crippen LogP contribution in [0.5, 0.6) is 0 Å². The smallest absolute Gasteiger partial charge is 0.250 e. The Hall–Kier alpha value is -1.48. The number of hydrogen-bond acceptors (Lipinski definition) is 5. The molecule has 0 aliphatic carbocycles. The van der Waals surface area contributed by atoms with Crippen molar-refractivity contribution in [3.05, 3.63) is 56.9 Å². The van der Waals surface area contributed by atoms with Crippen LogP contribution in [-0.2, 0) is 10.0 Å². The molecule has 1 unspecified atom stereocenters. The van der Waals surface area contributed by atoms with Crippen molar-refractivity contribution in [3.63, 3.8) is 0 Å². The lowest BCUT2D eigenvalue weighted by molar-refractivity contribution is 0.500. The standard InChI is InChI=1S/C16H19N3O2S3/c1-11-9-12(2)19(18-11)14(15-5-4-8-22-15)10-17-24(20,21)16-7-6-13(3)23-16/h4-9,14,17H,10H2,1-3H3. The molecule has 8 heteroatoms. The Morgan fingerprint density at radius 2 is 2.04 bits per heavy atom. The maximum atomic E-state index is 12.5. The highest BCUT2D eigenvalue weighted by molar-refractivity contribution is 7.91. The van der Waals surface area contributed by atoms with Crippen LogP contribution in [0.1, 0.15) is 27.2 Å². The predicted molar refractivity (Wildman–Crippen MR) is 98.4 cm³/mol. The van der Waals surface area contributed by atoms with Gasteiger partial charge in [-0.3, -0.25) is 4.68 Å². The van der Waals surface area contributed by atoms with Gasteiger partial charge in [0.25, 0.3) is 0 Å². The fourth-order valence-corrected chi connectivity index (χ4v) is 5.74. The van der Waals surface area contributed by atoms with Crippen molar-refractivity contribution >= 4 is 32.7 Å². The van der Waals surface area contributed by atoms with Gasteiger partial charge in [-0.2, -0.15) is 5.10 Å². The van der Waals surface area contributed by atoms with Gasteiger partial charge in [0.1, 0.15) is 4.21 Å². The van der Waals surface area contributed by atoms with Gasteiger partial charge >= 0.3 is 0 Å². The molecule has 0 amide bonds. The van der Waals surface area contributed by atoms with Gasteiger partial charge in [-0.05, 0) is 50.4 Å². The van der Waals surface area contributed by atoms with E-state index in [4.69, 9.17) is 0 Å². The first-order valence-corrected chi connectivity index (χ1v) is 10.7. The van der Waals surface area contributed by atoms with Crippen LogP contribution in [0.4, 0.5) is 0 Å². The van der Waals surface area contributed by atoms with Gasteiger partial charge in [-0.25, -0.2) is 13.1 Å². The third-order valence-corrected chi connectivity index (χ3v) is 7.55. The average Bonchev–Trinajstić information content (AvgIpc) is 3.22. The van der Waals surface area contributed by atoms with Crippen molar-refractivity contribution in [1.29, 1.82) is 0 Å². The van der Waals surface area contributed by atoms with E-state index in [9.17, 15) is 8.42 Å². The quantitative estimate of drug-likeness (QED) is 0.711. The fourth-order valence-electron chi connectivity index (χ4n) is 2.57. The highest BCUT2D eigenvalue weighted by atomic mass is 32.2. The summed E-state index contributed by atoms with van der Waals surface area (Å²) in [5, 5.41) is 6.53. The van der Waals surface area contributed by atoms with E-state index in [1.807, 2.05) is 55.1 Å². The number of aryl methyl sites for hydroxylation is 3. The molecule has 0 aromatic carbocycles. The lowest BCUT2D eigenvalue weighted by atomic mass is 10.2. The predicted octanol–water partition coefficient (Wildman–Crippen LogP) is 3.50. The molecule has 3 rings (SSSR count). The van der Waals surface area contributed by atoms with E-state index in [1.54, 1.807) is 17.4 Å². The topological polar surface area (TPSA) is 64.0 Å². The third-order valence-electron chi connectivity index (χ3n) is 3.66. The van der Waals surface area contributed by atoms with Gasteiger partial charge in [-0.15, -0.1) is 22.7 Å². The highest BCUT2D eigenvalue weighted by Gasteiger charge is 2.23. The van der Waals surface area contributed by atoms with Crippen LogP contribution in [0.3, 0.4) is 0 Å². The van der Waals surface area contributed by atoms with Crippen molar-refractivity contribution < 1.29 is 8.42 Å². The van der Waals surface area contributed by atoms with Crippen LogP contribution in [-0.4, -0.2) is 24.7 Å². The molecule has 0 spiro atoms. The Balaban J connectivity index is 1.87. The minimum Gasteiger partial charge on any atom is -0.260 e. The van der Waals surface area contributed by atoms with E-state index in [-0.39, 0.29) is 12.6 Å². The molecule has 1 N–H and O–H groups in total. The summed E-state index contributed by atoms with van der Waals surface area (Å²) in [4.78, 5) is 2.05. The van der Waals surface area contributed by atoms with Gasteiger partial charge in [-0.1, -0.05) is 6.07 Å². The summed E-state index contributed by atoms with van der Waals surface area (Å²) >= 11 is 2.88. The normalized spacial score (nSPS) is 13.3. The zero-order valence-electron chi connectivity index (χ0n) is 13.7. The molecule has 3 aromatic rings. The molecule has 0 bridgehead atoms. The largest absolute Gasteiger partial charge is 0.260 e. The molecule has 0 fully saturated rings. The Morgan fingerprint density at radius 3 is 2.58 bits per heavy atom. The van der Waals surface area contributed by atoms with Crippen LogP contribution >= 0.6 is 22.7 Å². The van der Waals surface area contributed by atoms with E-state index in [0.717, 1.165) is 21.1 Å². The summed E-state index contributed by atoms with van der Waals surface area (Å²) in [6.45, 7) is 6.08. The molecule has 0 saturated heterocycles. The molecule has 3 heterocycles. The Bertz CT molecular complexity index is 924. The van der Waals surface area contributed by atoms with Crippen LogP contribution in [0.25, 0.3) is 0 Å². The molecule has 0 aliphatic heterocycles. The maximum Gasteiger partial charge on any atom is 0.250 e. The zero-order valence-corrected chi connectivity index (χ0v) is 16.1. The highest BCUT2D eigenvalue weighted by Crippen LogP contribution is 2.26. The van der Waals surface area contributed by atoms with Crippen molar-refractivity contribution in [3.8, 4) is 0 Å². The Kier molecular flexibility index (Phi) is 4.91. The third kappa shape index (κ3) is 3.61. The summed E-state index contributed by atoms with van der Waals surface area (Å²) in [5.41, 5.74) is 1.93. The number of rotatable bonds is 6. The summed E-state index contributed by atoms with van der Waals surface area (Å²) in [7, 11) is -3.51. The number of sulfonamides is 1. The van der Waals surface area contributed by atoms with Crippen LogP contribution < -0.4 is 4.72 Å². The van der Waals surface area contributed by atoms with Crippen LogP contribution in [0.15, 0.2) is 39.9 Å². The van der Waals surface area contributed by atoms with E-state index in [1.165, 1.54) is 11.3 Å². The van der Waals surface area contributed by atoms with Gasteiger partial charge in [0.05, 0.1) is 11.7 Å². The Labute approximate surface area is 150 Å². The molecule has 128 valence electrons. The van der Waals surface area contributed by atoms with Crippen LogP contribution in [0, 0.1) is 20.8 Å². The first kappa shape index (κ1) is 17.3. The number of hydrogen-bond donors (Lipinski definition) is 1. The maximum absolute atomic E-state index is 12.5. The van der Waals surface area contributed by atoms with Crippen LogP contribution in [0.2, 0.25) is 0 Å². The summed E-state index contributed by atoms with van der Waals surface area (Å²) in [6.07, 6.45) is 0. The van der Waals surface area contributed by atoms with Crippen molar-refractivity contribution in [1.82, 2.24) is 14.5 Å². The first-order chi connectivity index (χ1) is 11.4. The summed E-state index contributed by atoms with van der Waals surface area (Å²) in [6, 6.07) is 9.28. The minimum atomic E-state index is -3.51. The van der Waals surface area contributed by atoms with E-state index in [2.05, 4.69) is 9.82 Å². The number of nitrogens with zero attached hydrogens (tertiary/aromatic N) is 2. The van der Waals surface area contributed by atoms with Crippen molar-refractivity contribution in [2.45, 2.75) is 31.0 Å². The number of thiophene rings is 2. The molecule has 5 nitrogen and oxygen atoms in total. The molecule has 0 saturated carbocycles. The monoisotopic (exact) mass is 381 g/mol. The SMILES string of the molecule is Cc1cc(C)n(C(CNS(=O)(=O)c2ccc(C)s2)c2cccs2)n1. The van der Waals surface area contributed by atoms with Crippen molar-refractivity contribution in [2.24, 2.45) is 0 Å². The average molecular weight is 382 g/mol. The molecule has 24 heavy (non-hydrogen) atoms. The number of aromatic nitrogens is 2. The lowest BCUT2D eigenvalue weighted by Gasteiger charge is -2.18. The lowest BCUT2D eigenvalue weighted by Crippen LogP contribution is -2.31. The van der Waals surface area contributed by atoms with Gasteiger partial charge < -0.3 is 0 Å². The van der Waals surface area contributed by atoms with E-state index >= 15 is 0 Å². The fraction of sp³-hybridized carbons (Fsp3) is 0.312. The molecular weight excluding hydrogens is 362 g/mol.